The number of aromatic nitrogens is 3. The van der Waals surface area contributed by atoms with Crippen molar-refractivity contribution in [3.63, 3.8) is 0 Å². The number of hydrogen-bond donors (Lipinski definition) is 1. The van der Waals surface area contributed by atoms with E-state index in [0.717, 1.165) is 25.6 Å². The largest absolute Gasteiger partial charge is 0.337 e. The lowest BCUT2D eigenvalue weighted by molar-refractivity contribution is 0.345. The van der Waals surface area contributed by atoms with Crippen LogP contribution in [0.5, 0.6) is 0 Å². The van der Waals surface area contributed by atoms with E-state index in [2.05, 4.69) is 20.4 Å². The number of nitrogens with one attached hydrogen (secondary N) is 1. The second kappa shape index (κ2) is 4.21. The lowest BCUT2D eigenvalue weighted by Gasteiger charge is -2.01. The molecule has 0 unspecified atom stereocenters. The van der Waals surface area contributed by atoms with Crippen molar-refractivity contribution in [3.8, 4) is 11.5 Å². The molecule has 1 saturated heterocycles. The Kier molecular flexibility index (Phi) is 2.56. The Morgan fingerprint density at radius 1 is 1.41 bits per heavy atom. The first-order valence-corrected chi connectivity index (χ1v) is 5.52. The molecule has 88 valence electrons. The summed E-state index contributed by atoms with van der Waals surface area (Å²) < 4.78 is 17.9. The molecule has 3 rings (SSSR count). The van der Waals surface area contributed by atoms with Gasteiger partial charge in [0.15, 0.2) is 0 Å². The van der Waals surface area contributed by atoms with E-state index < -0.39 is 0 Å². The highest BCUT2D eigenvalue weighted by Crippen LogP contribution is 2.23. The molecule has 0 aromatic carbocycles. The quantitative estimate of drug-likeness (QED) is 0.856. The molecule has 6 heteroatoms. The number of halogens is 1. The molecule has 5 nitrogen and oxygen atoms in total. The van der Waals surface area contributed by atoms with Crippen molar-refractivity contribution in [2.24, 2.45) is 0 Å². The Balaban J connectivity index is 1.86. The highest BCUT2D eigenvalue weighted by molar-refractivity contribution is 5.47. The maximum Gasteiger partial charge on any atom is 0.244 e. The van der Waals surface area contributed by atoms with E-state index in [1.54, 1.807) is 0 Å². The van der Waals surface area contributed by atoms with Crippen molar-refractivity contribution in [2.45, 2.75) is 18.9 Å². The van der Waals surface area contributed by atoms with E-state index in [1.165, 1.54) is 12.1 Å². The molecular weight excluding hydrogens is 223 g/mol. The van der Waals surface area contributed by atoms with Crippen LogP contribution in [0, 0.1) is 5.82 Å². The van der Waals surface area contributed by atoms with Crippen molar-refractivity contribution in [3.05, 3.63) is 30.0 Å². The van der Waals surface area contributed by atoms with Gasteiger partial charge in [-0.2, -0.15) is 4.98 Å². The number of rotatable bonds is 2. The zero-order chi connectivity index (χ0) is 11.7. The summed E-state index contributed by atoms with van der Waals surface area (Å²) in [6.45, 7) is 0.969. The summed E-state index contributed by atoms with van der Waals surface area (Å²) in [7, 11) is 0. The zero-order valence-corrected chi connectivity index (χ0v) is 9.06. The Bertz CT molecular complexity index is 504. The topological polar surface area (TPSA) is 63.8 Å². The highest BCUT2D eigenvalue weighted by Gasteiger charge is 2.22. The van der Waals surface area contributed by atoms with Crippen molar-refractivity contribution in [1.82, 2.24) is 20.4 Å². The second-order valence-corrected chi connectivity index (χ2v) is 3.97. The molecule has 1 N–H and O–H groups in total. The monoisotopic (exact) mass is 234 g/mol. The minimum atomic E-state index is -0.380. The molecule has 3 heterocycles. The third kappa shape index (κ3) is 2.03. The molecule has 1 fully saturated rings. The summed E-state index contributed by atoms with van der Waals surface area (Å²) in [5, 5.41) is 7.12. The maximum atomic E-state index is 12.7. The smallest absolute Gasteiger partial charge is 0.244 e. The van der Waals surface area contributed by atoms with Crippen LogP contribution in [0.1, 0.15) is 24.8 Å². The highest BCUT2D eigenvalue weighted by atomic mass is 19.1. The molecule has 0 aliphatic carbocycles. The van der Waals surface area contributed by atoms with E-state index >= 15 is 0 Å². The van der Waals surface area contributed by atoms with Gasteiger partial charge in [-0.05, 0) is 31.5 Å². The fourth-order valence-corrected chi connectivity index (χ4v) is 1.88. The summed E-state index contributed by atoms with van der Waals surface area (Å²) in [4.78, 5) is 8.18. The normalized spacial score (nSPS) is 19.7. The summed E-state index contributed by atoms with van der Waals surface area (Å²) in [5.41, 5.74) is 0.513. The van der Waals surface area contributed by atoms with Crippen LogP contribution in [0.25, 0.3) is 11.5 Å². The predicted octanol–water partition coefficient (Wildman–Crippen LogP) is 1.70. The van der Waals surface area contributed by atoms with Gasteiger partial charge in [0.1, 0.15) is 11.5 Å². The molecule has 0 radical (unpaired) electrons. The van der Waals surface area contributed by atoms with Crippen LogP contribution >= 0.6 is 0 Å². The first kappa shape index (κ1) is 10.3. The lowest BCUT2D eigenvalue weighted by Crippen LogP contribution is -2.12. The number of nitrogens with zero attached hydrogens (tertiary/aromatic N) is 3. The predicted molar refractivity (Wildman–Crippen MR) is 57.5 cm³/mol. The molecular formula is C11H11FN4O. The van der Waals surface area contributed by atoms with E-state index in [4.69, 9.17) is 4.52 Å². The lowest BCUT2D eigenvalue weighted by atomic mass is 10.2. The van der Waals surface area contributed by atoms with Crippen molar-refractivity contribution >= 4 is 0 Å². The number of hydrogen-bond acceptors (Lipinski definition) is 5. The molecule has 0 amide bonds. The Labute approximate surface area is 97.1 Å². The summed E-state index contributed by atoms with van der Waals surface area (Å²) in [6.07, 6.45) is 3.24. The minimum Gasteiger partial charge on any atom is -0.337 e. The standard InChI is InChI=1S/C11H11FN4O/c12-7-3-4-8(14-6-7)10-15-11(17-16-10)9-2-1-5-13-9/h3-4,6,9,13H,1-2,5H2/t9-/m0/s1. The average Bonchev–Trinajstić information content (AvgIpc) is 3.00. The molecule has 2 aromatic heterocycles. The van der Waals surface area contributed by atoms with Gasteiger partial charge in [-0.3, -0.25) is 0 Å². The van der Waals surface area contributed by atoms with E-state index in [0.29, 0.717) is 17.4 Å². The molecule has 1 aliphatic rings. The molecule has 17 heavy (non-hydrogen) atoms. The van der Waals surface area contributed by atoms with Gasteiger partial charge in [-0.25, -0.2) is 9.37 Å². The van der Waals surface area contributed by atoms with Gasteiger partial charge in [-0.15, -0.1) is 0 Å². The van der Waals surface area contributed by atoms with Crippen molar-refractivity contribution in [1.29, 1.82) is 0 Å². The van der Waals surface area contributed by atoms with Crippen LogP contribution in [0.3, 0.4) is 0 Å². The summed E-state index contributed by atoms with van der Waals surface area (Å²) >= 11 is 0. The van der Waals surface area contributed by atoms with Gasteiger partial charge in [0.2, 0.25) is 11.7 Å². The van der Waals surface area contributed by atoms with Gasteiger partial charge >= 0.3 is 0 Å². The van der Waals surface area contributed by atoms with Gasteiger partial charge in [-0.1, -0.05) is 5.16 Å². The van der Waals surface area contributed by atoms with Crippen LogP contribution in [-0.2, 0) is 0 Å². The minimum absolute atomic E-state index is 0.136. The van der Waals surface area contributed by atoms with Gasteiger partial charge in [0.25, 0.3) is 0 Å². The first-order chi connectivity index (χ1) is 8.33. The number of pyridine rings is 1. The van der Waals surface area contributed by atoms with Gasteiger partial charge < -0.3 is 9.84 Å². The Hall–Kier alpha value is -1.82. The van der Waals surface area contributed by atoms with Crippen LogP contribution in [-0.4, -0.2) is 21.7 Å². The second-order valence-electron chi connectivity index (χ2n) is 3.97. The Morgan fingerprint density at radius 2 is 2.35 bits per heavy atom. The third-order valence-corrected chi connectivity index (χ3v) is 2.76. The van der Waals surface area contributed by atoms with E-state index in [-0.39, 0.29) is 11.9 Å². The van der Waals surface area contributed by atoms with Gasteiger partial charge in [0.05, 0.1) is 12.2 Å². The maximum absolute atomic E-state index is 12.7. The van der Waals surface area contributed by atoms with Crippen LogP contribution in [0.15, 0.2) is 22.9 Å². The zero-order valence-electron chi connectivity index (χ0n) is 9.06. The average molecular weight is 234 g/mol. The van der Waals surface area contributed by atoms with Gasteiger partial charge in [0, 0.05) is 0 Å². The first-order valence-electron chi connectivity index (χ1n) is 5.52. The SMILES string of the molecule is Fc1ccc(-c2noc([C@@H]3CCCN3)n2)nc1. The molecule has 0 spiro atoms. The molecule has 2 aromatic rings. The molecule has 0 bridgehead atoms. The van der Waals surface area contributed by atoms with E-state index in [1.807, 2.05) is 0 Å². The molecule has 1 aliphatic heterocycles. The van der Waals surface area contributed by atoms with Crippen molar-refractivity contribution < 1.29 is 8.91 Å². The summed E-state index contributed by atoms with van der Waals surface area (Å²) in [5.74, 6) is 0.590. The van der Waals surface area contributed by atoms with Crippen LogP contribution < -0.4 is 5.32 Å². The third-order valence-electron chi connectivity index (χ3n) is 2.76. The molecule has 1 atom stereocenters. The fourth-order valence-electron chi connectivity index (χ4n) is 1.88. The summed E-state index contributed by atoms with van der Waals surface area (Å²) in [6, 6.07) is 3.00. The van der Waals surface area contributed by atoms with Crippen molar-refractivity contribution in [2.75, 3.05) is 6.54 Å². The Morgan fingerprint density at radius 3 is 3.06 bits per heavy atom. The van der Waals surface area contributed by atoms with E-state index in [9.17, 15) is 4.39 Å². The van der Waals surface area contributed by atoms with Crippen LogP contribution in [0.4, 0.5) is 4.39 Å². The fraction of sp³-hybridized carbons (Fsp3) is 0.364. The van der Waals surface area contributed by atoms with Crippen LogP contribution in [0.2, 0.25) is 0 Å². The molecule has 0 saturated carbocycles.